The van der Waals surface area contributed by atoms with Gasteiger partial charge in [0, 0.05) is 13.1 Å². The van der Waals surface area contributed by atoms with Crippen LogP contribution in [0.2, 0.25) is 0 Å². The van der Waals surface area contributed by atoms with Crippen molar-refractivity contribution in [1.82, 2.24) is 9.88 Å². The number of carbonyl (C=O) groups excluding carboxylic acids is 2. The average molecular weight is 248 g/mol. The van der Waals surface area contributed by atoms with E-state index >= 15 is 0 Å². The number of aromatic amines is 1. The molecule has 0 saturated heterocycles. The van der Waals surface area contributed by atoms with Crippen molar-refractivity contribution in [2.75, 3.05) is 7.05 Å². The Morgan fingerprint density at radius 3 is 2.72 bits per heavy atom. The summed E-state index contributed by atoms with van der Waals surface area (Å²) in [6.45, 7) is 2.21. The lowest BCUT2D eigenvalue weighted by atomic mass is 9.85. The van der Waals surface area contributed by atoms with E-state index in [0.29, 0.717) is 23.3 Å². The van der Waals surface area contributed by atoms with Gasteiger partial charge in [0.25, 0.3) is 5.91 Å². The molecule has 18 heavy (non-hydrogen) atoms. The van der Waals surface area contributed by atoms with Crippen LogP contribution in [0.25, 0.3) is 0 Å². The van der Waals surface area contributed by atoms with Gasteiger partial charge in [-0.3, -0.25) is 9.59 Å². The van der Waals surface area contributed by atoms with Crippen molar-refractivity contribution in [3.05, 3.63) is 23.5 Å². The fourth-order valence-electron chi connectivity index (χ4n) is 2.82. The minimum Gasteiger partial charge on any atom is -0.348 e. The summed E-state index contributed by atoms with van der Waals surface area (Å²) in [5, 5.41) is 0. The Morgan fingerprint density at radius 1 is 1.39 bits per heavy atom. The van der Waals surface area contributed by atoms with Gasteiger partial charge in [-0.15, -0.1) is 0 Å². The summed E-state index contributed by atoms with van der Waals surface area (Å²) in [7, 11) is 1.86. The molecule has 1 N–H and O–H groups in total. The molecule has 1 fully saturated rings. The van der Waals surface area contributed by atoms with Gasteiger partial charge in [-0.05, 0) is 30.9 Å². The first kappa shape index (κ1) is 12.9. The van der Waals surface area contributed by atoms with E-state index in [0.717, 1.165) is 12.7 Å². The molecule has 0 spiro atoms. The summed E-state index contributed by atoms with van der Waals surface area (Å²) in [6, 6.07) is 3.63. The molecule has 4 heteroatoms. The third kappa shape index (κ3) is 2.47. The van der Waals surface area contributed by atoms with Gasteiger partial charge in [0.2, 0.25) is 0 Å². The van der Waals surface area contributed by atoms with Crippen LogP contribution in [0.4, 0.5) is 0 Å². The number of H-pyrrole nitrogens is 1. The predicted octanol–water partition coefficient (Wildman–Crippen LogP) is 2.48. The number of aldehydes is 1. The van der Waals surface area contributed by atoms with Crippen LogP contribution in [0.5, 0.6) is 0 Å². The van der Waals surface area contributed by atoms with Crippen molar-refractivity contribution in [3.63, 3.8) is 0 Å². The Labute approximate surface area is 107 Å². The fraction of sp³-hybridized carbons (Fsp3) is 0.571. The number of nitrogens with one attached hydrogen (secondary N) is 1. The predicted molar refractivity (Wildman–Crippen MR) is 69.7 cm³/mol. The molecule has 2 atom stereocenters. The van der Waals surface area contributed by atoms with Crippen LogP contribution >= 0.6 is 0 Å². The van der Waals surface area contributed by atoms with Crippen LogP contribution in [0.3, 0.4) is 0 Å². The molecule has 4 nitrogen and oxygen atoms in total. The average Bonchev–Trinajstić information content (AvgIpc) is 2.86. The molecule has 1 amide bonds. The van der Waals surface area contributed by atoms with Gasteiger partial charge in [-0.25, -0.2) is 0 Å². The normalized spacial score (nSPS) is 23.7. The van der Waals surface area contributed by atoms with E-state index in [-0.39, 0.29) is 5.91 Å². The zero-order valence-corrected chi connectivity index (χ0v) is 11.0. The highest BCUT2D eigenvalue weighted by Crippen LogP contribution is 2.28. The third-order valence-corrected chi connectivity index (χ3v) is 3.95. The molecule has 1 aliphatic rings. The molecule has 0 radical (unpaired) electrons. The van der Waals surface area contributed by atoms with Crippen molar-refractivity contribution < 1.29 is 9.59 Å². The van der Waals surface area contributed by atoms with Gasteiger partial charge >= 0.3 is 0 Å². The molecule has 2 rings (SSSR count). The molecule has 0 aliphatic heterocycles. The molecular formula is C14H20N2O2. The topological polar surface area (TPSA) is 53.2 Å². The summed E-state index contributed by atoms with van der Waals surface area (Å²) < 4.78 is 0. The van der Waals surface area contributed by atoms with Crippen molar-refractivity contribution in [3.8, 4) is 0 Å². The number of carbonyl (C=O) groups is 2. The molecule has 98 valence electrons. The maximum atomic E-state index is 12.3. The number of amides is 1. The van der Waals surface area contributed by atoms with Gasteiger partial charge in [0.05, 0.1) is 5.69 Å². The Balaban J connectivity index is 2.09. The lowest BCUT2D eigenvalue weighted by Gasteiger charge is -2.36. The maximum absolute atomic E-state index is 12.3. The van der Waals surface area contributed by atoms with Crippen molar-refractivity contribution in [2.24, 2.45) is 5.92 Å². The van der Waals surface area contributed by atoms with Gasteiger partial charge in [-0.1, -0.05) is 19.8 Å². The molecular weight excluding hydrogens is 228 g/mol. The Hall–Kier alpha value is -1.58. The zero-order valence-electron chi connectivity index (χ0n) is 11.0. The van der Waals surface area contributed by atoms with Crippen LogP contribution in [0, 0.1) is 5.92 Å². The molecule has 1 heterocycles. The molecule has 1 aliphatic carbocycles. The molecule has 0 bridgehead atoms. The summed E-state index contributed by atoms with van der Waals surface area (Å²) in [5.74, 6) is 0.523. The first-order chi connectivity index (χ1) is 8.63. The lowest BCUT2D eigenvalue weighted by molar-refractivity contribution is 0.0624. The van der Waals surface area contributed by atoms with Crippen LogP contribution < -0.4 is 0 Å². The maximum Gasteiger partial charge on any atom is 0.270 e. The second-order valence-electron chi connectivity index (χ2n) is 5.19. The fourth-order valence-corrected chi connectivity index (χ4v) is 2.82. The summed E-state index contributed by atoms with van der Waals surface area (Å²) in [5.41, 5.74) is 0.945. The quantitative estimate of drug-likeness (QED) is 0.835. The van der Waals surface area contributed by atoms with Crippen LogP contribution in [0.1, 0.15) is 53.6 Å². The van der Waals surface area contributed by atoms with Crippen LogP contribution in [-0.4, -0.2) is 35.2 Å². The second-order valence-corrected chi connectivity index (χ2v) is 5.19. The highest BCUT2D eigenvalue weighted by atomic mass is 16.2. The Kier molecular flexibility index (Phi) is 3.84. The lowest BCUT2D eigenvalue weighted by Crippen LogP contribution is -2.42. The van der Waals surface area contributed by atoms with E-state index in [9.17, 15) is 9.59 Å². The van der Waals surface area contributed by atoms with Gasteiger partial charge in [0.15, 0.2) is 6.29 Å². The van der Waals surface area contributed by atoms with Gasteiger partial charge < -0.3 is 9.88 Å². The van der Waals surface area contributed by atoms with E-state index < -0.39 is 0 Å². The number of aromatic nitrogens is 1. The van der Waals surface area contributed by atoms with E-state index in [1.165, 1.54) is 19.3 Å². The minimum atomic E-state index is -0.0261. The SMILES string of the molecule is C[C@@H]1CCCC[C@@H]1N(C)C(=O)c1ccc(C=O)[nH]1. The largest absolute Gasteiger partial charge is 0.348 e. The summed E-state index contributed by atoms with van der Waals surface area (Å²) in [4.78, 5) is 27.6. The summed E-state index contributed by atoms with van der Waals surface area (Å²) in [6.07, 6.45) is 5.44. The number of rotatable bonds is 3. The molecule has 1 saturated carbocycles. The monoisotopic (exact) mass is 248 g/mol. The highest BCUT2D eigenvalue weighted by molar-refractivity contribution is 5.93. The van der Waals surface area contributed by atoms with E-state index in [2.05, 4.69) is 11.9 Å². The van der Waals surface area contributed by atoms with E-state index in [1.54, 1.807) is 12.1 Å². The minimum absolute atomic E-state index is 0.0261. The highest BCUT2D eigenvalue weighted by Gasteiger charge is 2.28. The van der Waals surface area contributed by atoms with Crippen molar-refractivity contribution >= 4 is 12.2 Å². The van der Waals surface area contributed by atoms with E-state index in [1.807, 2.05) is 11.9 Å². The number of hydrogen-bond acceptors (Lipinski definition) is 2. The first-order valence-electron chi connectivity index (χ1n) is 6.55. The van der Waals surface area contributed by atoms with Gasteiger partial charge in [0.1, 0.15) is 5.69 Å². The molecule has 0 aromatic carbocycles. The number of nitrogens with zero attached hydrogens (tertiary/aromatic N) is 1. The first-order valence-corrected chi connectivity index (χ1v) is 6.55. The van der Waals surface area contributed by atoms with Crippen LogP contribution in [-0.2, 0) is 0 Å². The molecule has 1 aromatic heterocycles. The summed E-state index contributed by atoms with van der Waals surface area (Å²) >= 11 is 0. The van der Waals surface area contributed by atoms with Gasteiger partial charge in [-0.2, -0.15) is 0 Å². The van der Waals surface area contributed by atoms with Crippen molar-refractivity contribution in [2.45, 2.75) is 38.6 Å². The molecule has 0 unspecified atom stereocenters. The third-order valence-electron chi connectivity index (χ3n) is 3.95. The van der Waals surface area contributed by atoms with E-state index in [4.69, 9.17) is 0 Å². The Morgan fingerprint density at radius 2 is 2.11 bits per heavy atom. The molecule has 1 aromatic rings. The standard InChI is InChI=1S/C14H20N2O2/c1-10-5-3-4-6-13(10)16(2)14(18)12-8-7-11(9-17)15-12/h7-10,13,15H,3-6H2,1-2H3/t10-,13+/m1/s1. The number of hydrogen-bond donors (Lipinski definition) is 1. The Bertz CT molecular complexity index is 439. The van der Waals surface area contributed by atoms with Crippen molar-refractivity contribution in [1.29, 1.82) is 0 Å². The zero-order chi connectivity index (χ0) is 13.1. The second kappa shape index (κ2) is 5.38. The van der Waals surface area contributed by atoms with Crippen LogP contribution in [0.15, 0.2) is 12.1 Å². The smallest absolute Gasteiger partial charge is 0.270 e.